The van der Waals surface area contributed by atoms with Gasteiger partial charge in [0.1, 0.15) is 11.0 Å². The predicted octanol–water partition coefficient (Wildman–Crippen LogP) is 4.94. The molecule has 0 bridgehead atoms. The summed E-state index contributed by atoms with van der Waals surface area (Å²) >= 11 is 6.27. The van der Waals surface area contributed by atoms with Gasteiger partial charge in [-0.15, -0.1) is 0 Å². The van der Waals surface area contributed by atoms with Gasteiger partial charge in [0.05, 0.1) is 16.6 Å². The van der Waals surface area contributed by atoms with Gasteiger partial charge < -0.3 is 4.57 Å². The molecule has 2 aromatic heterocycles. The Labute approximate surface area is 135 Å². The minimum atomic E-state index is 0.467. The molecule has 0 atom stereocenters. The molecule has 0 radical (unpaired) electrons. The fraction of sp³-hybridized carbons (Fsp3) is 0.222. The molecular weight excluding hydrogens is 294 g/mol. The lowest BCUT2D eigenvalue weighted by molar-refractivity contribution is 0.819. The number of imidazole rings is 1. The Morgan fingerprint density at radius 2 is 2.00 bits per heavy atom. The summed E-state index contributed by atoms with van der Waals surface area (Å²) in [7, 11) is 0. The summed E-state index contributed by atoms with van der Waals surface area (Å²) in [5, 5.41) is 0.467. The third kappa shape index (κ3) is 2.53. The van der Waals surface area contributed by atoms with Crippen molar-refractivity contribution >= 4 is 22.6 Å². The van der Waals surface area contributed by atoms with E-state index in [1.165, 1.54) is 11.1 Å². The summed E-state index contributed by atoms with van der Waals surface area (Å²) < 4.78 is 2.16. The second-order valence-electron chi connectivity index (χ2n) is 5.75. The number of aromatic nitrogens is 3. The van der Waals surface area contributed by atoms with Crippen molar-refractivity contribution in [3.8, 4) is 11.4 Å². The third-order valence-corrected chi connectivity index (χ3v) is 4.09. The van der Waals surface area contributed by atoms with Crippen molar-refractivity contribution in [2.75, 3.05) is 0 Å². The molecule has 112 valence electrons. The number of halogens is 1. The van der Waals surface area contributed by atoms with Gasteiger partial charge in [-0.25, -0.2) is 9.97 Å². The first kappa shape index (κ1) is 14.8. The fourth-order valence-corrected chi connectivity index (χ4v) is 2.77. The number of hydrogen-bond donors (Lipinski definition) is 0. The first-order valence-corrected chi connectivity index (χ1v) is 7.58. The first-order valence-electron chi connectivity index (χ1n) is 7.20. The van der Waals surface area contributed by atoms with Crippen molar-refractivity contribution in [2.24, 2.45) is 0 Å². The van der Waals surface area contributed by atoms with Crippen molar-refractivity contribution in [1.29, 1.82) is 0 Å². The topological polar surface area (TPSA) is 30.7 Å². The number of nitrogens with zero attached hydrogens (tertiary/aromatic N) is 3. The summed E-state index contributed by atoms with van der Waals surface area (Å²) in [5.41, 5.74) is 6.46. The third-order valence-electron chi connectivity index (χ3n) is 3.79. The van der Waals surface area contributed by atoms with Crippen LogP contribution in [0.5, 0.6) is 0 Å². The molecule has 0 aliphatic heterocycles. The van der Waals surface area contributed by atoms with E-state index in [1.54, 1.807) is 6.20 Å². The summed E-state index contributed by atoms with van der Waals surface area (Å²) in [5.74, 6) is 0.834. The maximum absolute atomic E-state index is 6.27. The van der Waals surface area contributed by atoms with Crippen LogP contribution in [-0.2, 0) is 6.54 Å². The van der Waals surface area contributed by atoms with Gasteiger partial charge in [0.15, 0.2) is 0 Å². The Kier molecular flexibility index (Phi) is 3.75. The Balaban J connectivity index is 2.33. The van der Waals surface area contributed by atoms with Crippen molar-refractivity contribution in [3.63, 3.8) is 0 Å². The van der Waals surface area contributed by atoms with Crippen LogP contribution in [0.1, 0.15) is 18.1 Å². The second-order valence-corrected chi connectivity index (χ2v) is 6.10. The SMILES string of the molecule is C=C(C)Cn1c(-c2cccnc2Cl)nc2cc(C)c(C)cc21. The van der Waals surface area contributed by atoms with Crippen LogP contribution in [0.25, 0.3) is 22.4 Å². The highest BCUT2D eigenvalue weighted by atomic mass is 35.5. The molecule has 3 aromatic rings. The maximum atomic E-state index is 6.27. The van der Waals surface area contributed by atoms with Gasteiger partial charge in [0.25, 0.3) is 0 Å². The molecule has 3 nitrogen and oxygen atoms in total. The lowest BCUT2D eigenvalue weighted by atomic mass is 10.1. The van der Waals surface area contributed by atoms with Gasteiger partial charge in [-0.1, -0.05) is 23.8 Å². The second kappa shape index (κ2) is 5.58. The van der Waals surface area contributed by atoms with Gasteiger partial charge in [-0.3, -0.25) is 0 Å². The van der Waals surface area contributed by atoms with Crippen LogP contribution < -0.4 is 0 Å². The minimum absolute atomic E-state index is 0.467. The average molecular weight is 312 g/mol. The molecule has 0 N–H and O–H groups in total. The molecule has 0 aliphatic carbocycles. The molecule has 4 heteroatoms. The maximum Gasteiger partial charge on any atom is 0.144 e. The molecule has 0 saturated heterocycles. The molecule has 3 rings (SSSR count). The summed E-state index contributed by atoms with van der Waals surface area (Å²) in [4.78, 5) is 8.97. The quantitative estimate of drug-likeness (QED) is 0.506. The number of allylic oxidation sites excluding steroid dienone is 1. The number of fused-ring (bicyclic) bond motifs is 1. The van der Waals surface area contributed by atoms with Crippen LogP contribution in [0.4, 0.5) is 0 Å². The summed E-state index contributed by atoms with van der Waals surface area (Å²) in [6, 6.07) is 8.12. The molecule has 0 spiro atoms. The lowest BCUT2D eigenvalue weighted by Crippen LogP contribution is -2.02. The zero-order valence-electron chi connectivity index (χ0n) is 13.0. The van der Waals surface area contributed by atoms with Crippen LogP contribution in [0.15, 0.2) is 42.6 Å². The fourth-order valence-electron chi connectivity index (χ4n) is 2.57. The molecule has 1 aromatic carbocycles. The van der Waals surface area contributed by atoms with E-state index in [-0.39, 0.29) is 0 Å². The normalized spacial score (nSPS) is 11.1. The van der Waals surface area contributed by atoms with E-state index in [0.717, 1.165) is 28.0 Å². The number of benzene rings is 1. The minimum Gasteiger partial charge on any atom is -0.320 e. The average Bonchev–Trinajstić information content (AvgIpc) is 2.77. The molecule has 0 saturated carbocycles. The van der Waals surface area contributed by atoms with E-state index in [1.807, 2.05) is 19.1 Å². The van der Waals surface area contributed by atoms with Crippen molar-refractivity contribution in [1.82, 2.24) is 14.5 Å². The van der Waals surface area contributed by atoms with Crippen LogP contribution in [0.3, 0.4) is 0 Å². The Hall–Kier alpha value is -2.13. The van der Waals surface area contributed by atoms with Crippen molar-refractivity contribution in [2.45, 2.75) is 27.3 Å². The monoisotopic (exact) mass is 311 g/mol. The van der Waals surface area contributed by atoms with Gasteiger partial charge in [0.2, 0.25) is 0 Å². The first-order chi connectivity index (χ1) is 10.5. The standard InChI is InChI=1S/C18H18ClN3/c1-11(2)10-22-16-9-13(4)12(3)8-15(16)21-18(22)14-6-5-7-20-17(14)19/h5-9H,1,10H2,2-4H3. The molecule has 0 amide bonds. The number of pyridine rings is 1. The largest absolute Gasteiger partial charge is 0.320 e. The Morgan fingerprint density at radius 3 is 2.68 bits per heavy atom. The molecule has 0 unspecified atom stereocenters. The van der Waals surface area contributed by atoms with Crippen LogP contribution >= 0.6 is 11.6 Å². The van der Waals surface area contributed by atoms with Gasteiger partial charge in [-0.05, 0) is 56.2 Å². The van der Waals surface area contributed by atoms with Crippen LogP contribution in [0.2, 0.25) is 5.15 Å². The Morgan fingerprint density at radius 1 is 1.27 bits per heavy atom. The summed E-state index contributed by atoms with van der Waals surface area (Å²) in [6.07, 6.45) is 1.69. The van der Waals surface area contributed by atoms with Crippen molar-refractivity contribution in [3.05, 3.63) is 58.9 Å². The van der Waals surface area contributed by atoms with E-state index in [0.29, 0.717) is 11.7 Å². The number of rotatable bonds is 3. The molecule has 2 heterocycles. The van der Waals surface area contributed by atoms with E-state index < -0.39 is 0 Å². The zero-order chi connectivity index (χ0) is 15.9. The molecule has 0 aliphatic rings. The molecular formula is C18H18ClN3. The highest BCUT2D eigenvalue weighted by Gasteiger charge is 2.16. The van der Waals surface area contributed by atoms with Crippen LogP contribution in [0, 0.1) is 13.8 Å². The van der Waals surface area contributed by atoms with E-state index >= 15 is 0 Å². The van der Waals surface area contributed by atoms with E-state index in [9.17, 15) is 0 Å². The summed E-state index contributed by atoms with van der Waals surface area (Å²) in [6.45, 7) is 11.0. The Bertz CT molecular complexity index is 877. The highest BCUT2D eigenvalue weighted by Crippen LogP contribution is 2.30. The molecule has 0 fully saturated rings. The van der Waals surface area contributed by atoms with E-state index in [2.05, 4.69) is 42.1 Å². The van der Waals surface area contributed by atoms with Crippen molar-refractivity contribution < 1.29 is 0 Å². The molecule has 22 heavy (non-hydrogen) atoms. The number of hydrogen-bond acceptors (Lipinski definition) is 2. The van der Waals surface area contributed by atoms with Gasteiger partial charge >= 0.3 is 0 Å². The van der Waals surface area contributed by atoms with E-state index in [4.69, 9.17) is 16.6 Å². The highest BCUT2D eigenvalue weighted by molar-refractivity contribution is 6.32. The predicted molar refractivity (Wildman–Crippen MR) is 92.3 cm³/mol. The number of aryl methyl sites for hydroxylation is 2. The zero-order valence-corrected chi connectivity index (χ0v) is 13.8. The lowest BCUT2D eigenvalue weighted by Gasteiger charge is -2.10. The van der Waals surface area contributed by atoms with Gasteiger partial charge in [0, 0.05) is 12.7 Å². The smallest absolute Gasteiger partial charge is 0.144 e. The van der Waals surface area contributed by atoms with Crippen LogP contribution in [-0.4, -0.2) is 14.5 Å². The van der Waals surface area contributed by atoms with Gasteiger partial charge in [-0.2, -0.15) is 0 Å².